The smallest absolute Gasteiger partial charge is 0.239 e. The second-order valence-electron chi connectivity index (χ2n) is 6.78. The van der Waals surface area contributed by atoms with E-state index in [1.807, 2.05) is 42.5 Å². The maximum absolute atomic E-state index is 12.8. The normalized spacial score (nSPS) is 16.4. The number of benzene rings is 1. The molecule has 3 heterocycles. The van der Waals surface area contributed by atoms with Gasteiger partial charge in [0.25, 0.3) is 0 Å². The van der Waals surface area contributed by atoms with E-state index >= 15 is 0 Å². The molecular weight excluding hydrogens is 356 g/mol. The average Bonchev–Trinajstić information content (AvgIpc) is 3.35. The van der Waals surface area contributed by atoms with Crippen molar-refractivity contribution in [1.29, 1.82) is 0 Å². The first-order chi connectivity index (χ1) is 13.6. The molecule has 1 aliphatic rings. The fourth-order valence-electron chi connectivity index (χ4n) is 3.39. The molecule has 7 heteroatoms. The van der Waals surface area contributed by atoms with Crippen LogP contribution in [0.3, 0.4) is 0 Å². The SMILES string of the molecule is CN(Cc1cc(-c2cccnc2)no1)C(=O)[C@@H]1CCN(c2ccccc2)C1=O. The van der Waals surface area contributed by atoms with Gasteiger partial charge in [-0.1, -0.05) is 23.4 Å². The molecule has 0 radical (unpaired) electrons. The van der Waals surface area contributed by atoms with Crippen molar-refractivity contribution in [3.05, 3.63) is 66.7 Å². The van der Waals surface area contributed by atoms with Gasteiger partial charge in [-0.05, 0) is 30.7 Å². The molecule has 28 heavy (non-hydrogen) atoms. The highest BCUT2D eigenvalue weighted by Gasteiger charge is 2.39. The molecule has 0 spiro atoms. The Labute approximate surface area is 162 Å². The first kappa shape index (κ1) is 17.9. The van der Waals surface area contributed by atoms with Crippen LogP contribution < -0.4 is 4.90 Å². The zero-order valence-corrected chi connectivity index (χ0v) is 15.5. The first-order valence-electron chi connectivity index (χ1n) is 9.11. The van der Waals surface area contributed by atoms with Gasteiger partial charge in [0.1, 0.15) is 11.6 Å². The number of para-hydroxylation sites is 1. The lowest BCUT2D eigenvalue weighted by Crippen LogP contribution is -2.37. The fourth-order valence-corrected chi connectivity index (χ4v) is 3.39. The molecule has 2 aromatic heterocycles. The van der Waals surface area contributed by atoms with E-state index in [9.17, 15) is 9.59 Å². The third kappa shape index (κ3) is 3.51. The van der Waals surface area contributed by atoms with Gasteiger partial charge in [0.2, 0.25) is 11.8 Å². The van der Waals surface area contributed by atoms with Crippen molar-refractivity contribution < 1.29 is 14.1 Å². The van der Waals surface area contributed by atoms with E-state index in [2.05, 4.69) is 10.1 Å². The molecule has 1 fully saturated rings. The van der Waals surface area contributed by atoms with Crippen molar-refractivity contribution in [3.8, 4) is 11.3 Å². The zero-order chi connectivity index (χ0) is 19.5. The van der Waals surface area contributed by atoms with Crippen LogP contribution >= 0.6 is 0 Å². The maximum atomic E-state index is 12.8. The standard InChI is InChI=1S/C21H20N4O3/c1-24(14-17-12-19(23-28-17)15-6-5-10-22-13-15)20(26)18-9-11-25(21(18)27)16-7-3-2-4-8-16/h2-8,10,12-13,18H,9,11,14H2,1H3/t18-/m0/s1. The maximum Gasteiger partial charge on any atom is 0.239 e. The van der Waals surface area contributed by atoms with Crippen molar-refractivity contribution in [1.82, 2.24) is 15.0 Å². The van der Waals surface area contributed by atoms with E-state index in [-0.39, 0.29) is 18.4 Å². The summed E-state index contributed by atoms with van der Waals surface area (Å²) in [5.41, 5.74) is 2.33. The summed E-state index contributed by atoms with van der Waals surface area (Å²) in [7, 11) is 1.67. The molecule has 1 aromatic carbocycles. The summed E-state index contributed by atoms with van der Waals surface area (Å²) < 4.78 is 5.35. The van der Waals surface area contributed by atoms with E-state index in [0.717, 1.165) is 11.3 Å². The summed E-state index contributed by atoms with van der Waals surface area (Å²) in [5.74, 6) is -0.467. The van der Waals surface area contributed by atoms with Crippen LogP contribution in [0.25, 0.3) is 11.3 Å². The Morgan fingerprint density at radius 1 is 1.25 bits per heavy atom. The largest absolute Gasteiger partial charge is 0.359 e. The summed E-state index contributed by atoms with van der Waals surface area (Å²) in [6.07, 6.45) is 3.90. The number of rotatable bonds is 5. The third-order valence-corrected chi connectivity index (χ3v) is 4.86. The van der Waals surface area contributed by atoms with Crippen LogP contribution in [0.2, 0.25) is 0 Å². The van der Waals surface area contributed by atoms with Gasteiger partial charge in [-0.2, -0.15) is 0 Å². The molecule has 2 amide bonds. The van der Waals surface area contributed by atoms with E-state index in [4.69, 9.17) is 4.52 Å². The highest BCUT2D eigenvalue weighted by atomic mass is 16.5. The number of carbonyl (C=O) groups excluding carboxylic acids is 2. The van der Waals surface area contributed by atoms with E-state index in [1.54, 1.807) is 30.4 Å². The minimum atomic E-state index is -0.661. The lowest BCUT2D eigenvalue weighted by atomic mass is 10.1. The lowest BCUT2D eigenvalue weighted by Gasteiger charge is -2.20. The van der Waals surface area contributed by atoms with E-state index < -0.39 is 5.92 Å². The van der Waals surface area contributed by atoms with Crippen molar-refractivity contribution in [3.63, 3.8) is 0 Å². The molecule has 4 rings (SSSR count). The molecule has 1 aliphatic heterocycles. The molecule has 0 saturated carbocycles. The van der Waals surface area contributed by atoms with Gasteiger partial charge in [0, 0.05) is 43.3 Å². The number of carbonyl (C=O) groups is 2. The number of nitrogens with zero attached hydrogens (tertiary/aromatic N) is 4. The molecule has 3 aromatic rings. The fraction of sp³-hybridized carbons (Fsp3) is 0.238. The van der Waals surface area contributed by atoms with Gasteiger partial charge >= 0.3 is 0 Å². The van der Waals surface area contributed by atoms with Crippen LogP contribution in [0, 0.1) is 5.92 Å². The summed E-state index contributed by atoms with van der Waals surface area (Å²) in [5, 5.41) is 4.03. The highest BCUT2D eigenvalue weighted by Crippen LogP contribution is 2.27. The predicted octanol–water partition coefficient (Wildman–Crippen LogP) is 2.75. The van der Waals surface area contributed by atoms with Crippen molar-refractivity contribution >= 4 is 17.5 Å². The van der Waals surface area contributed by atoms with Gasteiger partial charge in [-0.3, -0.25) is 14.6 Å². The summed E-state index contributed by atoms with van der Waals surface area (Å²) in [6, 6.07) is 14.9. The Kier molecular flexibility index (Phi) is 4.89. The topological polar surface area (TPSA) is 79.5 Å². The molecule has 0 aliphatic carbocycles. The second-order valence-corrected chi connectivity index (χ2v) is 6.78. The molecule has 0 bridgehead atoms. The minimum Gasteiger partial charge on any atom is -0.359 e. The number of aromatic nitrogens is 2. The Morgan fingerprint density at radius 3 is 2.82 bits per heavy atom. The molecule has 0 N–H and O–H groups in total. The number of hydrogen-bond donors (Lipinski definition) is 0. The number of pyridine rings is 1. The number of amides is 2. The molecule has 1 saturated heterocycles. The van der Waals surface area contributed by atoms with Crippen LogP contribution in [0.15, 0.2) is 65.4 Å². The monoisotopic (exact) mass is 376 g/mol. The van der Waals surface area contributed by atoms with Gasteiger partial charge < -0.3 is 14.3 Å². The Bertz CT molecular complexity index is 972. The van der Waals surface area contributed by atoms with E-state index in [0.29, 0.717) is 24.4 Å². The summed E-state index contributed by atoms with van der Waals surface area (Å²) in [6.45, 7) is 0.793. The highest BCUT2D eigenvalue weighted by molar-refractivity contribution is 6.09. The van der Waals surface area contributed by atoms with E-state index in [1.165, 1.54) is 4.90 Å². The van der Waals surface area contributed by atoms with Gasteiger partial charge in [0.05, 0.1) is 6.54 Å². The number of anilines is 1. The average molecular weight is 376 g/mol. The van der Waals surface area contributed by atoms with Crippen molar-refractivity contribution in [2.75, 3.05) is 18.5 Å². The quantitative estimate of drug-likeness (QED) is 0.640. The number of hydrogen-bond acceptors (Lipinski definition) is 5. The Hall–Kier alpha value is -3.48. The molecular formula is C21H20N4O3. The third-order valence-electron chi connectivity index (χ3n) is 4.86. The Balaban J connectivity index is 1.42. The van der Waals surface area contributed by atoms with Gasteiger partial charge in [0.15, 0.2) is 5.76 Å². The van der Waals surface area contributed by atoms with Crippen molar-refractivity contribution in [2.45, 2.75) is 13.0 Å². The van der Waals surface area contributed by atoms with Crippen LogP contribution in [-0.2, 0) is 16.1 Å². The predicted molar refractivity (Wildman–Crippen MR) is 103 cm³/mol. The van der Waals surface area contributed by atoms with Gasteiger partial charge in [-0.15, -0.1) is 0 Å². The summed E-state index contributed by atoms with van der Waals surface area (Å²) >= 11 is 0. The molecule has 1 atom stereocenters. The Morgan fingerprint density at radius 2 is 2.07 bits per heavy atom. The first-order valence-corrected chi connectivity index (χ1v) is 9.11. The molecule has 142 valence electrons. The van der Waals surface area contributed by atoms with Crippen LogP contribution in [0.4, 0.5) is 5.69 Å². The zero-order valence-electron chi connectivity index (χ0n) is 15.5. The molecule has 7 nitrogen and oxygen atoms in total. The summed E-state index contributed by atoms with van der Waals surface area (Å²) in [4.78, 5) is 32.8. The lowest BCUT2D eigenvalue weighted by molar-refractivity contribution is -0.139. The van der Waals surface area contributed by atoms with Gasteiger partial charge in [-0.25, -0.2) is 0 Å². The van der Waals surface area contributed by atoms with Crippen molar-refractivity contribution in [2.24, 2.45) is 5.92 Å². The van der Waals surface area contributed by atoms with Crippen LogP contribution in [0.5, 0.6) is 0 Å². The minimum absolute atomic E-state index is 0.156. The molecule has 0 unspecified atom stereocenters. The van der Waals surface area contributed by atoms with Crippen LogP contribution in [0.1, 0.15) is 12.2 Å². The second kappa shape index (κ2) is 7.64. The van der Waals surface area contributed by atoms with Crippen LogP contribution in [-0.4, -0.2) is 40.4 Å².